The maximum atomic E-state index is 12.8. The van der Waals surface area contributed by atoms with Gasteiger partial charge in [0.25, 0.3) is 0 Å². The second-order valence-corrected chi connectivity index (χ2v) is 7.71. The third-order valence-electron chi connectivity index (χ3n) is 3.69. The molecule has 122 valence electrons. The summed E-state index contributed by atoms with van der Waals surface area (Å²) in [5.74, 6) is -0.245. The Labute approximate surface area is 132 Å². The van der Waals surface area contributed by atoms with E-state index in [2.05, 4.69) is 5.32 Å². The van der Waals surface area contributed by atoms with E-state index >= 15 is 0 Å². The summed E-state index contributed by atoms with van der Waals surface area (Å²) in [4.78, 5) is 14.1. The number of hydrogen-bond acceptors (Lipinski definition) is 4. The zero-order valence-electron chi connectivity index (χ0n) is 13.2. The molecule has 1 fully saturated rings. The molecule has 0 aliphatic carbocycles. The molecule has 1 aromatic rings. The van der Waals surface area contributed by atoms with E-state index in [1.807, 2.05) is 31.1 Å². The highest BCUT2D eigenvalue weighted by atomic mass is 32.2. The average molecular weight is 325 g/mol. The highest BCUT2D eigenvalue weighted by molar-refractivity contribution is 7.89. The standard InChI is InChI=1S/C15H23N3O3S/c1-12-15(19)16-9-4-10-18(12)22(20,21)14-7-5-13(6-8-14)11-17(2)3/h5-8,12H,4,9-11H2,1-3H3,(H,16,19)/t12-/m1/s1. The van der Waals surface area contributed by atoms with Crippen LogP contribution in [-0.4, -0.2) is 56.8 Å². The Morgan fingerprint density at radius 2 is 1.91 bits per heavy atom. The van der Waals surface area contributed by atoms with Crippen molar-refractivity contribution in [3.63, 3.8) is 0 Å². The first-order valence-corrected chi connectivity index (χ1v) is 8.79. The smallest absolute Gasteiger partial charge is 0.243 e. The fraction of sp³-hybridized carbons (Fsp3) is 0.533. The highest BCUT2D eigenvalue weighted by Gasteiger charge is 2.34. The lowest BCUT2D eigenvalue weighted by Crippen LogP contribution is -2.45. The Kier molecular flexibility index (Phi) is 5.20. The number of carbonyl (C=O) groups is 1. The minimum absolute atomic E-state index is 0.233. The topological polar surface area (TPSA) is 69.7 Å². The summed E-state index contributed by atoms with van der Waals surface area (Å²) in [6.45, 7) is 3.24. The predicted molar refractivity (Wildman–Crippen MR) is 84.8 cm³/mol. The van der Waals surface area contributed by atoms with Crippen molar-refractivity contribution in [1.29, 1.82) is 0 Å². The summed E-state index contributed by atoms with van der Waals surface area (Å²) in [7, 11) is 0.267. The van der Waals surface area contributed by atoms with Crippen LogP contribution in [0.2, 0.25) is 0 Å². The normalized spacial score (nSPS) is 20.7. The average Bonchev–Trinajstić information content (AvgIpc) is 2.62. The lowest BCUT2D eigenvalue weighted by atomic mass is 10.2. The van der Waals surface area contributed by atoms with E-state index in [1.54, 1.807) is 19.1 Å². The number of benzene rings is 1. The lowest BCUT2D eigenvalue weighted by Gasteiger charge is -2.24. The van der Waals surface area contributed by atoms with Crippen molar-refractivity contribution in [1.82, 2.24) is 14.5 Å². The Bertz CT molecular complexity index is 626. The molecule has 1 aliphatic heterocycles. The third kappa shape index (κ3) is 3.66. The molecule has 1 heterocycles. The van der Waals surface area contributed by atoms with E-state index in [1.165, 1.54) is 4.31 Å². The van der Waals surface area contributed by atoms with Crippen molar-refractivity contribution < 1.29 is 13.2 Å². The zero-order chi connectivity index (χ0) is 16.3. The highest BCUT2D eigenvalue weighted by Crippen LogP contribution is 2.20. The summed E-state index contributed by atoms with van der Waals surface area (Å²) >= 11 is 0. The van der Waals surface area contributed by atoms with Crippen molar-refractivity contribution in [2.24, 2.45) is 0 Å². The van der Waals surface area contributed by atoms with Gasteiger partial charge in [0.15, 0.2) is 0 Å². The van der Waals surface area contributed by atoms with Crippen molar-refractivity contribution >= 4 is 15.9 Å². The molecule has 1 N–H and O–H groups in total. The van der Waals surface area contributed by atoms with E-state index in [-0.39, 0.29) is 10.8 Å². The maximum absolute atomic E-state index is 12.8. The first-order chi connectivity index (χ1) is 10.3. The van der Waals surface area contributed by atoms with Crippen LogP contribution in [0.4, 0.5) is 0 Å². The molecule has 0 saturated carbocycles. The Morgan fingerprint density at radius 1 is 1.27 bits per heavy atom. The molecule has 1 aliphatic rings. The summed E-state index contributed by atoms with van der Waals surface area (Å²) in [6, 6.07) is 6.17. The van der Waals surface area contributed by atoms with Gasteiger partial charge in [0.1, 0.15) is 6.04 Å². The van der Waals surface area contributed by atoms with E-state index in [0.29, 0.717) is 19.5 Å². The Balaban J connectivity index is 2.27. The first-order valence-electron chi connectivity index (χ1n) is 7.35. The monoisotopic (exact) mass is 325 g/mol. The van der Waals surface area contributed by atoms with Gasteiger partial charge in [0.2, 0.25) is 15.9 Å². The van der Waals surface area contributed by atoms with Gasteiger partial charge in [-0.1, -0.05) is 12.1 Å². The molecular weight excluding hydrogens is 302 g/mol. The molecule has 0 unspecified atom stereocenters. The fourth-order valence-corrected chi connectivity index (χ4v) is 4.15. The minimum atomic E-state index is -3.65. The van der Waals surface area contributed by atoms with E-state index < -0.39 is 16.1 Å². The van der Waals surface area contributed by atoms with Crippen molar-refractivity contribution in [2.75, 3.05) is 27.2 Å². The van der Waals surface area contributed by atoms with Crippen LogP contribution in [0.3, 0.4) is 0 Å². The van der Waals surface area contributed by atoms with Gasteiger partial charge in [-0.15, -0.1) is 0 Å². The molecule has 1 saturated heterocycles. The van der Waals surface area contributed by atoms with Gasteiger partial charge in [0, 0.05) is 19.6 Å². The Hall–Kier alpha value is -1.44. The molecule has 0 spiro atoms. The molecule has 1 atom stereocenters. The van der Waals surface area contributed by atoms with Crippen LogP contribution in [0.25, 0.3) is 0 Å². The number of nitrogens with one attached hydrogen (secondary N) is 1. The number of hydrogen-bond donors (Lipinski definition) is 1. The van der Waals surface area contributed by atoms with E-state index in [0.717, 1.165) is 12.1 Å². The largest absolute Gasteiger partial charge is 0.355 e. The van der Waals surface area contributed by atoms with Gasteiger partial charge in [-0.25, -0.2) is 8.42 Å². The van der Waals surface area contributed by atoms with Crippen LogP contribution < -0.4 is 5.32 Å². The minimum Gasteiger partial charge on any atom is -0.355 e. The van der Waals surface area contributed by atoms with Crippen LogP contribution in [-0.2, 0) is 21.4 Å². The van der Waals surface area contributed by atoms with Crippen LogP contribution in [0, 0.1) is 0 Å². The molecule has 0 radical (unpaired) electrons. The van der Waals surface area contributed by atoms with Crippen LogP contribution >= 0.6 is 0 Å². The van der Waals surface area contributed by atoms with Gasteiger partial charge in [-0.05, 0) is 45.1 Å². The van der Waals surface area contributed by atoms with Gasteiger partial charge < -0.3 is 10.2 Å². The van der Waals surface area contributed by atoms with E-state index in [4.69, 9.17) is 0 Å². The predicted octanol–water partition coefficient (Wildman–Crippen LogP) is 0.647. The number of sulfonamides is 1. The van der Waals surface area contributed by atoms with Crippen LogP contribution in [0.5, 0.6) is 0 Å². The van der Waals surface area contributed by atoms with E-state index in [9.17, 15) is 13.2 Å². The molecule has 0 bridgehead atoms. The maximum Gasteiger partial charge on any atom is 0.243 e. The summed E-state index contributed by atoms with van der Waals surface area (Å²) in [5.41, 5.74) is 1.05. The number of rotatable bonds is 4. The molecular formula is C15H23N3O3S. The van der Waals surface area contributed by atoms with Gasteiger partial charge >= 0.3 is 0 Å². The second kappa shape index (κ2) is 6.76. The molecule has 0 aromatic heterocycles. The molecule has 1 amide bonds. The second-order valence-electron chi connectivity index (χ2n) is 5.82. The van der Waals surface area contributed by atoms with Crippen LogP contribution in [0.1, 0.15) is 18.9 Å². The molecule has 22 heavy (non-hydrogen) atoms. The lowest BCUT2D eigenvalue weighted by molar-refractivity contribution is -0.123. The van der Waals surface area contributed by atoms with Gasteiger partial charge in [0.05, 0.1) is 4.90 Å². The fourth-order valence-electron chi connectivity index (χ4n) is 2.51. The van der Waals surface area contributed by atoms with Crippen molar-refractivity contribution in [3.05, 3.63) is 29.8 Å². The zero-order valence-corrected chi connectivity index (χ0v) is 14.1. The third-order valence-corrected chi connectivity index (χ3v) is 5.68. The first kappa shape index (κ1) is 16.9. The summed E-state index contributed by atoms with van der Waals surface area (Å²) < 4.78 is 26.8. The number of carbonyl (C=O) groups excluding carboxylic acids is 1. The molecule has 2 rings (SSSR count). The molecule has 6 nitrogen and oxygen atoms in total. The quantitative estimate of drug-likeness (QED) is 0.882. The van der Waals surface area contributed by atoms with Crippen LogP contribution in [0.15, 0.2) is 29.2 Å². The summed E-state index contributed by atoms with van der Waals surface area (Å²) in [5, 5.41) is 2.73. The van der Waals surface area contributed by atoms with Crippen molar-refractivity contribution in [2.45, 2.75) is 30.8 Å². The van der Waals surface area contributed by atoms with Gasteiger partial charge in [-0.3, -0.25) is 4.79 Å². The SMILES string of the molecule is C[C@@H]1C(=O)NCCCN1S(=O)(=O)c1ccc(CN(C)C)cc1. The van der Waals surface area contributed by atoms with Gasteiger partial charge in [-0.2, -0.15) is 4.31 Å². The number of amides is 1. The summed E-state index contributed by atoms with van der Waals surface area (Å²) in [6.07, 6.45) is 0.619. The Morgan fingerprint density at radius 3 is 2.50 bits per heavy atom. The molecule has 7 heteroatoms. The molecule has 1 aromatic carbocycles. The van der Waals surface area contributed by atoms with Crippen molar-refractivity contribution in [3.8, 4) is 0 Å². The number of nitrogens with zero attached hydrogens (tertiary/aromatic N) is 2.